The summed E-state index contributed by atoms with van der Waals surface area (Å²) in [4.78, 5) is 20.0. The quantitative estimate of drug-likeness (QED) is 0.597. The van der Waals surface area contributed by atoms with Crippen LogP contribution in [0, 0.1) is 6.92 Å². The average molecular weight is 332 g/mol. The lowest BCUT2D eigenvalue weighted by atomic mass is 10.1. The van der Waals surface area contributed by atoms with Gasteiger partial charge in [-0.2, -0.15) is 4.98 Å². The van der Waals surface area contributed by atoms with Crippen LogP contribution in [0.4, 0.5) is 5.69 Å². The van der Waals surface area contributed by atoms with E-state index in [1.54, 1.807) is 13.0 Å². The fourth-order valence-electron chi connectivity index (χ4n) is 2.76. The maximum absolute atomic E-state index is 12.6. The van der Waals surface area contributed by atoms with Gasteiger partial charge in [0, 0.05) is 28.4 Å². The largest absolute Gasteiger partial charge is 0.361 e. The maximum atomic E-state index is 12.6. The third-order valence-corrected chi connectivity index (χ3v) is 3.99. The molecule has 124 valence electrons. The van der Waals surface area contributed by atoms with Gasteiger partial charge in [0.05, 0.1) is 6.42 Å². The number of rotatable bonds is 4. The molecule has 0 atom stereocenters. The minimum absolute atomic E-state index is 0.155. The Morgan fingerprint density at radius 2 is 2.08 bits per heavy atom. The Kier molecular flexibility index (Phi) is 3.78. The van der Waals surface area contributed by atoms with Gasteiger partial charge in [0.1, 0.15) is 0 Å². The zero-order valence-corrected chi connectivity index (χ0v) is 13.6. The minimum Gasteiger partial charge on any atom is -0.361 e. The van der Waals surface area contributed by atoms with Crippen LogP contribution in [-0.4, -0.2) is 21.0 Å². The number of nitrogens with one attached hydrogen (secondary N) is 2. The first-order chi connectivity index (χ1) is 12.2. The summed E-state index contributed by atoms with van der Waals surface area (Å²) in [7, 11) is 0. The van der Waals surface area contributed by atoms with Gasteiger partial charge in [-0.3, -0.25) is 4.79 Å². The summed E-state index contributed by atoms with van der Waals surface area (Å²) in [5.74, 6) is 0.960. The zero-order valence-electron chi connectivity index (χ0n) is 13.6. The monoisotopic (exact) mass is 332 g/mol. The van der Waals surface area contributed by atoms with Gasteiger partial charge in [-0.05, 0) is 42.8 Å². The lowest BCUT2D eigenvalue weighted by Gasteiger charge is -2.10. The van der Waals surface area contributed by atoms with Crippen LogP contribution in [0.15, 0.2) is 59.3 Å². The van der Waals surface area contributed by atoms with Crippen molar-refractivity contribution in [2.24, 2.45) is 0 Å². The van der Waals surface area contributed by atoms with Crippen molar-refractivity contribution in [1.29, 1.82) is 0 Å². The van der Waals surface area contributed by atoms with E-state index in [1.165, 1.54) is 0 Å². The number of para-hydroxylation sites is 1. The summed E-state index contributed by atoms with van der Waals surface area (Å²) in [5, 5.41) is 7.77. The van der Waals surface area contributed by atoms with E-state index in [0.717, 1.165) is 22.2 Å². The fourth-order valence-corrected chi connectivity index (χ4v) is 2.76. The fraction of sp³-hybridized carbons (Fsp3) is 0.105. The molecule has 2 N–H and O–H groups in total. The number of aromatic nitrogens is 3. The van der Waals surface area contributed by atoms with Crippen LogP contribution in [0.5, 0.6) is 0 Å². The first kappa shape index (κ1) is 15.1. The molecule has 0 spiro atoms. The van der Waals surface area contributed by atoms with E-state index in [2.05, 4.69) is 20.4 Å². The Balaban J connectivity index is 1.58. The number of hydrogen-bond donors (Lipinski definition) is 2. The first-order valence-electron chi connectivity index (χ1n) is 7.94. The third kappa shape index (κ3) is 3.14. The Morgan fingerprint density at radius 3 is 2.92 bits per heavy atom. The summed E-state index contributed by atoms with van der Waals surface area (Å²) >= 11 is 0. The van der Waals surface area contributed by atoms with Gasteiger partial charge in [-0.1, -0.05) is 23.4 Å². The second-order valence-corrected chi connectivity index (χ2v) is 5.80. The molecule has 0 aliphatic heterocycles. The summed E-state index contributed by atoms with van der Waals surface area (Å²) in [6, 6.07) is 15.1. The summed E-state index contributed by atoms with van der Waals surface area (Å²) in [6.07, 6.45) is 2.32. The molecule has 4 rings (SSSR count). The van der Waals surface area contributed by atoms with E-state index in [1.807, 2.05) is 48.7 Å². The highest BCUT2D eigenvalue weighted by Gasteiger charge is 2.12. The van der Waals surface area contributed by atoms with Crippen molar-refractivity contribution in [3.05, 3.63) is 77.6 Å². The molecule has 0 aliphatic carbocycles. The van der Waals surface area contributed by atoms with E-state index in [9.17, 15) is 4.79 Å². The zero-order chi connectivity index (χ0) is 17.2. The lowest BCUT2D eigenvalue weighted by Crippen LogP contribution is -2.13. The molecule has 0 radical (unpaired) electrons. The van der Waals surface area contributed by atoms with Crippen LogP contribution in [-0.2, 0) is 6.42 Å². The molecule has 2 heterocycles. The van der Waals surface area contributed by atoms with E-state index >= 15 is 0 Å². The number of hydrogen-bond acceptors (Lipinski definition) is 4. The van der Waals surface area contributed by atoms with Crippen LogP contribution in [0.2, 0.25) is 0 Å². The Labute approximate surface area is 143 Å². The normalized spacial score (nSPS) is 10.9. The average Bonchev–Trinajstić information content (AvgIpc) is 3.24. The maximum Gasteiger partial charge on any atom is 0.255 e. The number of benzene rings is 2. The van der Waals surface area contributed by atoms with E-state index in [0.29, 0.717) is 23.7 Å². The smallest absolute Gasteiger partial charge is 0.255 e. The molecular weight excluding hydrogens is 316 g/mol. The molecule has 2 aromatic heterocycles. The van der Waals surface area contributed by atoms with E-state index < -0.39 is 0 Å². The molecule has 6 heteroatoms. The van der Waals surface area contributed by atoms with E-state index in [-0.39, 0.29) is 5.91 Å². The molecule has 0 aliphatic rings. The lowest BCUT2D eigenvalue weighted by molar-refractivity contribution is 0.102. The van der Waals surface area contributed by atoms with Crippen LogP contribution in [0.3, 0.4) is 0 Å². The van der Waals surface area contributed by atoms with Crippen molar-refractivity contribution < 1.29 is 9.32 Å². The predicted molar refractivity (Wildman–Crippen MR) is 94.5 cm³/mol. The summed E-state index contributed by atoms with van der Waals surface area (Å²) < 4.78 is 5.17. The molecule has 25 heavy (non-hydrogen) atoms. The van der Waals surface area contributed by atoms with Crippen LogP contribution < -0.4 is 5.32 Å². The van der Waals surface area contributed by atoms with Gasteiger partial charge >= 0.3 is 0 Å². The van der Waals surface area contributed by atoms with Gasteiger partial charge in [-0.15, -0.1) is 0 Å². The Morgan fingerprint density at radius 1 is 1.20 bits per heavy atom. The molecule has 0 bridgehead atoms. The number of aryl methyl sites for hydroxylation is 1. The highest BCUT2D eigenvalue weighted by molar-refractivity contribution is 6.06. The van der Waals surface area contributed by atoms with Gasteiger partial charge in [0.15, 0.2) is 5.82 Å². The molecule has 0 unspecified atom stereocenters. The van der Waals surface area contributed by atoms with Gasteiger partial charge in [0.2, 0.25) is 5.89 Å². The molecule has 2 aromatic carbocycles. The standard InChI is InChI=1S/C19H16N4O2/c1-12-21-18(25-23-12)11-13-4-2-3-5-17(13)22-19(24)15-6-7-16-14(10-15)8-9-20-16/h2-10,20H,11H2,1H3,(H,22,24). The summed E-state index contributed by atoms with van der Waals surface area (Å²) in [5.41, 5.74) is 3.26. The number of amides is 1. The number of nitrogens with zero attached hydrogens (tertiary/aromatic N) is 2. The van der Waals surface area contributed by atoms with Gasteiger partial charge in [-0.25, -0.2) is 0 Å². The molecule has 6 nitrogen and oxygen atoms in total. The number of carbonyl (C=O) groups excluding carboxylic acids is 1. The number of H-pyrrole nitrogens is 1. The molecule has 1 amide bonds. The van der Waals surface area contributed by atoms with Crippen LogP contribution in [0.25, 0.3) is 10.9 Å². The SMILES string of the molecule is Cc1noc(Cc2ccccc2NC(=O)c2ccc3[nH]ccc3c2)n1. The van der Waals surface area contributed by atoms with Crippen molar-refractivity contribution in [2.75, 3.05) is 5.32 Å². The third-order valence-electron chi connectivity index (χ3n) is 3.99. The second-order valence-electron chi connectivity index (χ2n) is 5.80. The van der Waals surface area contributed by atoms with Crippen molar-refractivity contribution >= 4 is 22.5 Å². The molecule has 4 aromatic rings. The molecule has 0 saturated carbocycles. The highest BCUT2D eigenvalue weighted by atomic mass is 16.5. The topological polar surface area (TPSA) is 83.8 Å². The Bertz CT molecular complexity index is 1050. The predicted octanol–water partition coefficient (Wildman–Crippen LogP) is 3.70. The first-order valence-corrected chi connectivity index (χ1v) is 7.94. The van der Waals surface area contributed by atoms with Crippen LogP contribution >= 0.6 is 0 Å². The summed E-state index contributed by atoms with van der Waals surface area (Å²) in [6.45, 7) is 1.78. The van der Waals surface area contributed by atoms with Crippen molar-refractivity contribution in [1.82, 2.24) is 15.1 Å². The van der Waals surface area contributed by atoms with Crippen molar-refractivity contribution in [3.8, 4) is 0 Å². The molecular formula is C19H16N4O2. The highest BCUT2D eigenvalue weighted by Crippen LogP contribution is 2.20. The van der Waals surface area contributed by atoms with E-state index in [4.69, 9.17) is 4.52 Å². The Hall–Kier alpha value is -3.41. The number of carbonyl (C=O) groups is 1. The second kappa shape index (κ2) is 6.24. The van der Waals surface area contributed by atoms with Crippen LogP contribution in [0.1, 0.15) is 27.6 Å². The van der Waals surface area contributed by atoms with Crippen molar-refractivity contribution in [2.45, 2.75) is 13.3 Å². The van der Waals surface area contributed by atoms with Gasteiger partial charge in [0.25, 0.3) is 5.91 Å². The number of anilines is 1. The minimum atomic E-state index is -0.155. The molecule has 0 saturated heterocycles. The van der Waals surface area contributed by atoms with Gasteiger partial charge < -0.3 is 14.8 Å². The van der Waals surface area contributed by atoms with Crippen molar-refractivity contribution in [3.63, 3.8) is 0 Å². The molecule has 0 fully saturated rings. The number of fused-ring (bicyclic) bond motifs is 1. The number of aromatic amines is 1.